The van der Waals surface area contributed by atoms with Crippen LogP contribution in [0.25, 0.3) is 9.88 Å². The van der Waals surface area contributed by atoms with Crippen LogP contribution < -0.4 is 5.32 Å². The summed E-state index contributed by atoms with van der Waals surface area (Å²) in [5, 5.41) is 7.89. The minimum Gasteiger partial charge on any atom is -0.346 e. The van der Waals surface area contributed by atoms with E-state index in [1.807, 2.05) is 53.2 Å². The molecule has 8 nitrogen and oxygen atoms in total. The fourth-order valence-electron chi connectivity index (χ4n) is 4.14. The van der Waals surface area contributed by atoms with Crippen LogP contribution in [0.15, 0.2) is 77.5 Å². The zero-order valence-electron chi connectivity index (χ0n) is 21.5. The number of carbonyl (C=O) groups is 2. The number of aromatic nitrogens is 1. The van der Waals surface area contributed by atoms with Crippen LogP contribution in [0.4, 0.5) is 0 Å². The van der Waals surface area contributed by atoms with E-state index in [-0.39, 0.29) is 11.8 Å². The molecule has 0 spiro atoms. The molecule has 2 heterocycles. The first kappa shape index (κ1) is 28.6. The van der Waals surface area contributed by atoms with E-state index < -0.39 is 28.0 Å². The zero-order chi connectivity index (χ0) is 28.0. The molecule has 39 heavy (non-hydrogen) atoms. The fraction of sp³-hybridized carbons (Fsp3) is 0.250. The van der Waals surface area contributed by atoms with Crippen LogP contribution in [-0.4, -0.2) is 47.8 Å². The van der Waals surface area contributed by atoms with Gasteiger partial charge in [0, 0.05) is 25.8 Å². The van der Waals surface area contributed by atoms with E-state index in [0.717, 1.165) is 21.0 Å². The Labute approximate surface area is 236 Å². The molecule has 0 saturated heterocycles. The van der Waals surface area contributed by atoms with Crippen molar-refractivity contribution >= 4 is 44.6 Å². The van der Waals surface area contributed by atoms with Gasteiger partial charge in [-0.05, 0) is 34.6 Å². The summed E-state index contributed by atoms with van der Waals surface area (Å²) in [5.74, 6) is -0.983. The van der Waals surface area contributed by atoms with E-state index in [0.29, 0.717) is 24.1 Å². The number of carbonyl (C=O) groups excluding carboxylic acids is 2. The lowest BCUT2D eigenvalue weighted by Crippen LogP contribution is -2.49. The first-order chi connectivity index (χ1) is 18.6. The maximum absolute atomic E-state index is 13.7. The Morgan fingerprint density at radius 2 is 1.62 bits per heavy atom. The van der Waals surface area contributed by atoms with Crippen molar-refractivity contribution in [3.8, 4) is 9.88 Å². The van der Waals surface area contributed by atoms with Gasteiger partial charge in [-0.25, -0.2) is 4.98 Å². The number of hydrogen-bond acceptors (Lipinski definition) is 7. The number of nitrogens with zero attached hydrogens (tertiary/aromatic N) is 2. The minimum absolute atomic E-state index is 0.217. The molecule has 0 saturated carbocycles. The molecule has 2 aromatic heterocycles. The van der Waals surface area contributed by atoms with Crippen LogP contribution >= 0.6 is 22.7 Å². The molecular weight excluding hydrogens is 555 g/mol. The Hall–Kier alpha value is -3.38. The lowest BCUT2D eigenvalue weighted by Gasteiger charge is -2.28. The predicted molar refractivity (Wildman–Crippen MR) is 154 cm³/mol. The molecule has 2 N–H and O–H groups in total. The largest absolute Gasteiger partial charge is 0.346 e. The van der Waals surface area contributed by atoms with Crippen LogP contribution in [0.3, 0.4) is 0 Å². The second kappa shape index (κ2) is 12.6. The Morgan fingerprint density at radius 1 is 0.949 bits per heavy atom. The Balaban J connectivity index is 1.61. The van der Waals surface area contributed by atoms with E-state index in [1.165, 1.54) is 23.2 Å². The molecule has 11 heteroatoms. The highest BCUT2D eigenvalue weighted by molar-refractivity contribution is 7.85. The van der Waals surface area contributed by atoms with Crippen LogP contribution in [-0.2, 0) is 38.3 Å². The molecule has 2 amide bonds. The molecular formula is C28H29N3O5S3. The topological polar surface area (TPSA) is 117 Å². The van der Waals surface area contributed by atoms with Crippen molar-refractivity contribution in [3.63, 3.8) is 0 Å². The van der Waals surface area contributed by atoms with E-state index >= 15 is 0 Å². The second-order valence-electron chi connectivity index (χ2n) is 9.20. The van der Waals surface area contributed by atoms with E-state index in [2.05, 4.69) is 5.32 Å². The monoisotopic (exact) mass is 583 g/mol. The summed E-state index contributed by atoms with van der Waals surface area (Å²) in [4.78, 5) is 33.3. The second-order valence-corrected chi connectivity index (χ2v) is 12.5. The number of hydrogen-bond donors (Lipinski definition) is 2. The number of likely N-dealkylation sites (N-methyl/N-ethyl adjacent to an activating group) is 1. The normalized spacial score (nSPS) is 13.0. The molecule has 0 aliphatic rings. The van der Waals surface area contributed by atoms with Crippen molar-refractivity contribution in [2.75, 3.05) is 7.05 Å². The molecule has 0 aliphatic heterocycles. The van der Waals surface area contributed by atoms with Crippen molar-refractivity contribution in [1.82, 2.24) is 15.2 Å². The first-order valence-corrected chi connectivity index (χ1v) is 15.6. The molecule has 0 radical (unpaired) electrons. The van der Waals surface area contributed by atoms with Crippen molar-refractivity contribution in [2.45, 2.75) is 37.6 Å². The van der Waals surface area contributed by atoms with Gasteiger partial charge in [-0.15, -0.1) is 22.7 Å². The third-order valence-electron chi connectivity index (χ3n) is 6.28. The SMILES string of the molecule is CC(=O)N(C)[C@@H](Cc1ccccc1)C(=O)N[C@@H](Cc1ccc(CS(=O)(=O)O)cc1)c1csc(-c2cccs2)n1. The molecule has 204 valence electrons. The lowest BCUT2D eigenvalue weighted by molar-refractivity contribution is -0.137. The number of benzene rings is 2. The number of thiazole rings is 1. The van der Waals surface area contributed by atoms with Gasteiger partial charge in [-0.1, -0.05) is 60.7 Å². The fourth-order valence-corrected chi connectivity index (χ4v) is 6.44. The summed E-state index contributed by atoms with van der Waals surface area (Å²) < 4.78 is 31.6. The van der Waals surface area contributed by atoms with Gasteiger partial charge in [-0.2, -0.15) is 8.42 Å². The standard InChI is InChI=1S/C28H29N3O5S3/c1-19(32)31(2)25(16-20-7-4-3-5-8-20)27(33)29-23(24-17-38-28(30-24)26-9-6-14-37-26)15-21-10-12-22(13-11-21)18-39(34,35)36/h3-14,17,23,25H,15-16,18H2,1-2H3,(H,29,33)(H,34,35,36)/t23-,25-/m0/s1. The molecule has 0 aliphatic carbocycles. The quantitative estimate of drug-likeness (QED) is 0.246. The highest BCUT2D eigenvalue weighted by Crippen LogP contribution is 2.31. The number of nitrogens with one attached hydrogen (secondary N) is 1. The van der Waals surface area contributed by atoms with Crippen LogP contribution in [0, 0.1) is 0 Å². The number of thiophene rings is 1. The Kier molecular flexibility index (Phi) is 9.28. The summed E-state index contributed by atoms with van der Waals surface area (Å²) in [7, 11) is -2.52. The van der Waals surface area contributed by atoms with Gasteiger partial charge in [-0.3, -0.25) is 14.1 Å². The summed E-state index contributed by atoms with van der Waals surface area (Å²) in [6, 6.07) is 19.1. The predicted octanol–water partition coefficient (Wildman–Crippen LogP) is 4.75. The average molecular weight is 584 g/mol. The number of rotatable bonds is 11. The van der Waals surface area contributed by atoms with E-state index in [9.17, 15) is 18.0 Å². The maximum atomic E-state index is 13.7. The Bertz CT molecular complexity index is 1500. The molecule has 0 unspecified atom stereocenters. The smallest absolute Gasteiger partial charge is 0.269 e. The third-order valence-corrected chi connectivity index (χ3v) is 8.88. The van der Waals surface area contributed by atoms with Gasteiger partial charge in [0.05, 0.1) is 16.6 Å². The minimum atomic E-state index is -4.14. The highest BCUT2D eigenvalue weighted by Gasteiger charge is 2.29. The molecule has 2 atom stereocenters. The van der Waals surface area contributed by atoms with Gasteiger partial charge >= 0.3 is 0 Å². The highest BCUT2D eigenvalue weighted by atomic mass is 32.2. The lowest BCUT2D eigenvalue weighted by atomic mass is 10.0. The van der Waals surface area contributed by atoms with Crippen LogP contribution in [0.2, 0.25) is 0 Å². The first-order valence-electron chi connectivity index (χ1n) is 12.2. The molecule has 4 rings (SSSR count). The van der Waals surface area contributed by atoms with Gasteiger partial charge in [0.2, 0.25) is 11.8 Å². The van der Waals surface area contributed by atoms with Crippen molar-refractivity contribution in [1.29, 1.82) is 0 Å². The summed E-state index contributed by atoms with van der Waals surface area (Å²) in [6.45, 7) is 1.44. The van der Waals surface area contributed by atoms with Gasteiger partial charge < -0.3 is 10.2 Å². The van der Waals surface area contributed by atoms with E-state index in [1.54, 1.807) is 42.6 Å². The molecule has 0 bridgehead atoms. The summed E-state index contributed by atoms with van der Waals surface area (Å²) >= 11 is 3.08. The maximum Gasteiger partial charge on any atom is 0.269 e. The van der Waals surface area contributed by atoms with Crippen molar-refractivity contribution in [3.05, 3.63) is 99.9 Å². The van der Waals surface area contributed by atoms with Crippen molar-refractivity contribution in [2.24, 2.45) is 0 Å². The summed E-state index contributed by atoms with van der Waals surface area (Å²) in [6.07, 6.45) is 0.755. The van der Waals surface area contributed by atoms with Crippen LogP contribution in [0.1, 0.15) is 35.3 Å². The third kappa shape index (κ3) is 8.06. The Morgan fingerprint density at radius 3 is 2.23 bits per heavy atom. The van der Waals surface area contributed by atoms with Gasteiger partial charge in [0.25, 0.3) is 10.1 Å². The van der Waals surface area contributed by atoms with Crippen LogP contribution in [0.5, 0.6) is 0 Å². The number of amides is 2. The van der Waals surface area contributed by atoms with Crippen molar-refractivity contribution < 1.29 is 22.6 Å². The van der Waals surface area contributed by atoms with Gasteiger partial charge in [0.1, 0.15) is 16.8 Å². The van der Waals surface area contributed by atoms with Gasteiger partial charge in [0.15, 0.2) is 0 Å². The molecule has 2 aromatic carbocycles. The molecule has 0 fully saturated rings. The van der Waals surface area contributed by atoms with E-state index in [4.69, 9.17) is 9.54 Å². The summed E-state index contributed by atoms with van der Waals surface area (Å²) in [5.41, 5.74) is 2.94. The zero-order valence-corrected chi connectivity index (χ0v) is 23.9. The average Bonchev–Trinajstić information content (AvgIpc) is 3.60. The molecule has 4 aromatic rings.